The number of anilines is 1. The van der Waals surface area contributed by atoms with Crippen LogP contribution in [0.15, 0.2) is 60.7 Å². The van der Waals surface area contributed by atoms with Crippen LogP contribution in [-0.4, -0.2) is 24.4 Å². The molecule has 0 radical (unpaired) electrons. The zero-order valence-corrected chi connectivity index (χ0v) is 20.9. The Morgan fingerprint density at radius 3 is 2.12 bits per heavy atom. The van der Waals surface area contributed by atoms with Gasteiger partial charge in [-0.1, -0.05) is 80.4 Å². The molecule has 3 aromatic rings. The summed E-state index contributed by atoms with van der Waals surface area (Å²) in [4.78, 5) is 15.4. The van der Waals surface area contributed by atoms with Gasteiger partial charge in [-0.15, -0.1) is 0 Å². The highest BCUT2D eigenvalue weighted by Gasteiger charge is 2.24. The first kappa shape index (κ1) is 25.1. The number of amides is 1. The van der Waals surface area contributed by atoms with Crippen LogP contribution in [0.3, 0.4) is 0 Å². The normalized spacial score (nSPS) is 11.4. The second-order valence-electron chi connectivity index (χ2n) is 9.08. The third-order valence-electron chi connectivity index (χ3n) is 5.64. The van der Waals surface area contributed by atoms with Crippen molar-refractivity contribution in [2.45, 2.75) is 39.2 Å². The monoisotopic (exact) mass is 486 g/mol. The summed E-state index contributed by atoms with van der Waals surface area (Å²) in [6, 6.07) is 18.1. The lowest BCUT2D eigenvalue weighted by Gasteiger charge is -2.26. The van der Waals surface area contributed by atoms with Crippen LogP contribution in [0, 0.1) is 5.82 Å². The second kappa shape index (κ2) is 10.6. The molecule has 0 saturated heterocycles. The zero-order chi connectivity index (χ0) is 24.2. The Morgan fingerprint density at radius 2 is 1.55 bits per heavy atom. The van der Waals surface area contributed by atoms with Crippen LogP contribution in [0.4, 0.5) is 10.1 Å². The van der Waals surface area contributed by atoms with Crippen LogP contribution < -0.4 is 5.32 Å². The molecule has 0 unspecified atom stereocenters. The number of nitrogens with zero attached hydrogens (tertiary/aromatic N) is 1. The number of rotatable bonds is 7. The molecule has 6 heteroatoms. The summed E-state index contributed by atoms with van der Waals surface area (Å²) < 4.78 is 13.3. The van der Waals surface area contributed by atoms with Gasteiger partial charge < -0.3 is 10.2 Å². The fourth-order valence-corrected chi connectivity index (χ4v) is 4.03. The Kier molecular flexibility index (Phi) is 8.04. The molecule has 0 atom stereocenters. The topological polar surface area (TPSA) is 32.3 Å². The molecule has 0 saturated carbocycles. The van der Waals surface area contributed by atoms with E-state index in [0.717, 1.165) is 11.1 Å². The molecule has 0 aliphatic rings. The molecule has 1 amide bonds. The number of carbonyl (C=O) groups excluding carboxylic acids is 1. The van der Waals surface area contributed by atoms with E-state index in [-0.39, 0.29) is 22.2 Å². The fraction of sp³-hybridized carbons (Fsp3) is 0.296. The van der Waals surface area contributed by atoms with Crippen molar-refractivity contribution in [1.29, 1.82) is 0 Å². The SMILES string of the molecule is CNc1ccc(Cl)c(Cl)c1C(=O)N(CCc1ccc(F)cc1)Cc1ccc(C(C)(C)C)cc1. The van der Waals surface area contributed by atoms with Gasteiger partial charge in [0.05, 0.1) is 15.6 Å². The average Bonchev–Trinajstić information content (AvgIpc) is 2.78. The number of benzene rings is 3. The molecule has 0 aliphatic carbocycles. The minimum absolute atomic E-state index is 0.0482. The van der Waals surface area contributed by atoms with Gasteiger partial charge in [-0.2, -0.15) is 0 Å². The Balaban J connectivity index is 1.92. The van der Waals surface area contributed by atoms with E-state index in [9.17, 15) is 9.18 Å². The summed E-state index contributed by atoms with van der Waals surface area (Å²) in [6.07, 6.45) is 0.583. The lowest BCUT2D eigenvalue weighted by molar-refractivity contribution is 0.0746. The third-order valence-corrected chi connectivity index (χ3v) is 6.45. The van der Waals surface area contributed by atoms with Crippen LogP contribution in [0.1, 0.15) is 47.8 Å². The van der Waals surface area contributed by atoms with E-state index in [1.54, 1.807) is 36.2 Å². The number of halogens is 3. The molecular weight excluding hydrogens is 458 g/mol. The van der Waals surface area contributed by atoms with E-state index in [0.29, 0.717) is 35.8 Å². The van der Waals surface area contributed by atoms with Crippen LogP contribution in [0.2, 0.25) is 10.0 Å². The largest absolute Gasteiger partial charge is 0.387 e. The maximum absolute atomic E-state index is 13.7. The Labute approximate surface area is 205 Å². The molecule has 3 aromatic carbocycles. The standard InChI is InChI=1S/C27H29Cl2FN2O/c1-27(2,3)20-9-5-19(6-10-20)17-32(16-15-18-7-11-21(30)12-8-18)26(33)24-23(31-4)14-13-22(28)25(24)29/h5-14,31H,15-17H2,1-4H3. The summed E-state index contributed by atoms with van der Waals surface area (Å²) in [5, 5.41) is 3.59. The van der Waals surface area contributed by atoms with Gasteiger partial charge in [0.1, 0.15) is 5.82 Å². The molecule has 0 fully saturated rings. The minimum atomic E-state index is -0.282. The van der Waals surface area contributed by atoms with Crippen molar-refractivity contribution in [2.24, 2.45) is 0 Å². The van der Waals surface area contributed by atoms with Gasteiger partial charge in [0.25, 0.3) is 5.91 Å². The summed E-state index contributed by atoms with van der Waals surface area (Å²) in [5.41, 5.74) is 4.20. The second-order valence-corrected chi connectivity index (χ2v) is 9.87. The molecule has 0 aromatic heterocycles. The fourth-order valence-electron chi connectivity index (χ4n) is 3.62. The predicted molar refractivity (Wildman–Crippen MR) is 136 cm³/mol. The molecule has 1 N–H and O–H groups in total. The predicted octanol–water partition coefficient (Wildman–Crippen LogP) is 7.36. The van der Waals surface area contributed by atoms with E-state index in [1.165, 1.54) is 17.7 Å². The number of hydrogen-bond donors (Lipinski definition) is 1. The van der Waals surface area contributed by atoms with E-state index < -0.39 is 0 Å². The Hall–Kier alpha value is -2.56. The highest BCUT2D eigenvalue weighted by atomic mass is 35.5. The highest BCUT2D eigenvalue weighted by molar-refractivity contribution is 6.44. The van der Waals surface area contributed by atoms with Crippen molar-refractivity contribution in [3.05, 3.63) is 98.8 Å². The first-order chi connectivity index (χ1) is 15.6. The molecule has 33 heavy (non-hydrogen) atoms. The van der Waals surface area contributed by atoms with Crippen molar-refractivity contribution in [1.82, 2.24) is 4.90 Å². The van der Waals surface area contributed by atoms with Gasteiger partial charge in [-0.25, -0.2) is 4.39 Å². The lowest BCUT2D eigenvalue weighted by atomic mass is 9.87. The summed E-state index contributed by atoms with van der Waals surface area (Å²) in [5.74, 6) is -0.496. The van der Waals surface area contributed by atoms with Crippen LogP contribution in [0.5, 0.6) is 0 Å². The van der Waals surface area contributed by atoms with Crippen LogP contribution >= 0.6 is 23.2 Å². The Bertz CT molecular complexity index is 1110. The molecule has 174 valence electrons. The molecule has 0 aliphatic heterocycles. The zero-order valence-electron chi connectivity index (χ0n) is 19.4. The van der Waals surface area contributed by atoms with Gasteiger partial charge in [0.15, 0.2) is 0 Å². The Morgan fingerprint density at radius 1 is 0.939 bits per heavy atom. The van der Waals surface area contributed by atoms with Crippen LogP contribution in [-0.2, 0) is 18.4 Å². The smallest absolute Gasteiger partial charge is 0.257 e. The van der Waals surface area contributed by atoms with Gasteiger partial charge in [-0.3, -0.25) is 4.79 Å². The lowest BCUT2D eigenvalue weighted by Crippen LogP contribution is -2.33. The van der Waals surface area contributed by atoms with E-state index in [1.807, 2.05) is 0 Å². The maximum atomic E-state index is 13.7. The number of carbonyl (C=O) groups is 1. The van der Waals surface area contributed by atoms with E-state index in [4.69, 9.17) is 23.2 Å². The number of nitrogens with one attached hydrogen (secondary N) is 1. The first-order valence-corrected chi connectivity index (χ1v) is 11.6. The minimum Gasteiger partial charge on any atom is -0.387 e. The molecule has 0 spiro atoms. The summed E-state index contributed by atoms with van der Waals surface area (Å²) >= 11 is 12.7. The molecular formula is C27H29Cl2FN2O. The van der Waals surface area contributed by atoms with Crippen LogP contribution in [0.25, 0.3) is 0 Å². The first-order valence-electron chi connectivity index (χ1n) is 10.9. The molecule has 3 rings (SSSR count). The van der Waals surface area contributed by atoms with Crippen molar-refractivity contribution >= 4 is 34.8 Å². The van der Waals surface area contributed by atoms with Gasteiger partial charge in [-0.05, 0) is 52.8 Å². The average molecular weight is 487 g/mol. The third kappa shape index (κ3) is 6.27. The summed E-state index contributed by atoms with van der Waals surface area (Å²) in [7, 11) is 1.74. The van der Waals surface area contributed by atoms with Gasteiger partial charge >= 0.3 is 0 Å². The summed E-state index contributed by atoms with van der Waals surface area (Å²) in [6.45, 7) is 7.36. The van der Waals surface area contributed by atoms with Gasteiger partial charge in [0, 0.05) is 25.8 Å². The van der Waals surface area contributed by atoms with Crippen molar-refractivity contribution in [2.75, 3.05) is 18.9 Å². The van der Waals surface area contributed by atoms with Crippen molar-refractivity contribution < 1.29 is 9.18 Å². The van der Waals surface area contributed by atoms with E-state index in [2.05, 4.69) is 50.4 Å². The number of hydrogen-bond acceptors (Lipinski definition) is 2. The molecule has 3 nitrogen and oxygen atoms in total. The highest BCUT2D eigenvalue weighted by Crippen LogP contribution is 2.33. The maximum Gasteiger partial charge on any atom is 0.257 e. The van der Waals surface area contributed by atoms with E-state index >= 15 is 0 Å². The van der Waals surface area contributed by atoms with Crippen molar-refractivity contribution in [3.8, 4) is 0 Å². The molecule has 0 heterocycles. The van der Waals surface area contributed by atoms with Gasteiger partial charge in [0.2, 0.25) is 0 Å². The quantitative estimate of drug-likeness (QED) is 0.378. The van der Waals surface area contributed by atoms with Crippen molar-refractivity contribution in [3.63, 3.8) is 0 Å². The molecule has 0 bridgehead atoms.